The molecule has 1 aromatic rings. The number of nitrogens with zero attached hydrogens (tertiary/aromatic N) is 3. The van der Waals surface area contributed by atoms with E-state index in [1.165, 1.54) is 6.42 Å². The molecule has 1 aliphatic rings. The SMILES string of the molecule is Cc1c(Br)cnn1CC(=O)N1CCC[C@H](C)C1. The van der Waals surface area contributed by atoms with Gasteiger partial charge in [0.25, 0.3) is 0 Å². The van der Waals surface area contributed by atoms with Crippen LogP contribution < -0.4 is 0 Å². The second-order valence-corrected chi connectivity index (χ2v) is 5.68. The van der Waals surface area contributed by atoms with Gasteiger partial charge < -0.3 is 4.90 Å². The van der Waals surface area contributed by atoms with E-state index >= 15 is 0 Å². The van der Waals surface area contributed by atoms with Gasteiger partial charge in [0.05, 0.1) is 16.4 Å². The van der Waals surface area contributed by atoms with Gasteiger partial charge in [-0.05, 0) is 41.6 Å². The molecule has 0 bridgehead atoms. The van der Waals surface area contributed by atoms with Crippen LogP contribution in [0, 0.1) is 12.8 Å². The number of halogens is 1. The quantitative estimate of drug-likeness (QED) is 0.840. The van der Waals surface area contributed by atoms with E-state index in [4.69, 9.17) is 0 Å². The van der Waals surface area contributed by atoms with Crippen LogP contribution in [-0.2, 0) is 11.3 Å². The fraction of sp³-hybridized carbons (Fsp3) is 0.667. The first kappa shape index (κ1) is 12.6. The Morgan fingerprint density at radius 1 is 1.65 bits per heavy atom. The van der Waals surface area contributed by atoms with Gasteiger partial charge in [-0.15, -0.1) is 0 Å². The van der Waals surface area contributed by atoms with E-state index in [2.05, 4.69) is 28.0 Å². The van der Waals surface area contributed by atoms with Crippen molar-refractivity contribution in [2.45, 2.75) is 33.2 Å². The Hall–Kier alpha value is -0.840. The van der Waals surface area contributed by atoms with Crippen molar-refractivity contribution in [2.75, 3.05) is 13.1 Å². The Morgan fingerprint density at radius 3 is 3.00 bits per heavy atom. The Morgan fingerprint density at radius 2 is 2.41 bits per heavy atom. The Bertz CT molecular complexity index is 416. The van der Waals surface area contributed by atoms with Crippen LogP contribution in [0.1, 0.15) is 25.5 Å². The van der Waals surface area contributed by atoms with Crippen LogP contribution in [0.5, 0.6) is 0 Å². The average molecular weight is 300 g/mol. The molecule has 4 nitrogen and oxygen atoms in total. The summed E-state index contributed by atoms with van der Waals surface area (Å²) in [4.78, 5) is 14.1. The molecule has 0 N–H and O–H groups in total. The highest BCUT2D eigenvalue weighted by Gasteiger charge is 2.21. The molecule has 0 aromatic carbocycles. The van der Waals surface area contributed by atoms with Crippen molar-refractivity contribution < 1.29 is 4.79 Å². The van der Waals surface area contributed by atoms with Crippen molar-refractivity contribution in [1.82, 2.24) is 14.7 Å². The minimum atomic E-state index is 0.176. The highest BCUT2D eigenvalue weighted by Crippen LogP contribution is 2.17. The number of piperidine rings is 1. The van der Waals surface area contributed by atoms with E-state index in [0.717, 1.165) is 29.7 Å². The topological polar surface area (TPSA) is 38.1 Å². The molecule has 1 aliphatic heterocycles. The van der Waals surface area contributed by atoms with Gasteiger partial charge >= 0.3 is 0 Å². The number of carbonyl (C=O) groups excluding carboxylic acids is 1. The molecule has 0 unspecified atom stereocenters. The normalized spacial score (nSPS) is 20.6. The summed E-state index contributed by atoms with van der Waals surface area (Å²) in [6, 6.07) is 0. The summed E-state index contributed by atoms with van der Waals surface area (Å²) in [5.74, 6) is 0.799. The van der Waals surface area contributed by atoms with Crippen molar-refractivity contribution in [1.29, 1.82) is 0 Å². The number of hydrogen-bond donors (Lipinski definition) is 0. The first-order valence-corrected chi connectivity index (χ1v) is 6.83. The Labute approximate surface area is 110 Å². The number of aromatic nitrogens is 2. The summed E-state index contributed by atoms with van der Waals surface area (Å²) in [7, 11) is 0. The van der Waals surface area contributed by atoms with E-state index in [1.54, 1.807) is 10.9 Å². The van der Waals surface area contributed by atoms with Gasteiger partial charge in [0, 0.05) is 13.1 Å². The number of rotatable bonds is 2. The number of hydrogen-bond acceptors (Lipinski definition) is 2. The standard InChI is InChI=1S/C12H18BrN3O/c1-9-4-3-5-15(7-9)12(17)8-16-10(2)11(13)6-14-16/h6,9H,3-5,7-8H2,1-2H3/t9-/m0/s1. The second kappa shape index (κ2) is 5.21. The molecule has 94 valence electrons. The molecular formula is C12H18BrN3O. The summed E-state index contributed by atoms with van der Waals surface area (Å²) in [5, 5.41) is 4.19. The summed E-state index contributed by atoms with van der Waals surface area (Å²) < 4.78 is 2.71. The third-order valence-electron chi connectivity index (χ3n) is 3.34. The van der Waals surface area contributed by atoms with Crippen molar-refractivity contribution >= 4 is 21.8 Å². The summed E-state index contributed by atoms with van der Waals surface area (Å²) >= 11 is 3.40. The van der Waals surface area contributed by atoms with Crippen molar-refractivity contribution in [2.24, 2.45) is 5.92 Å². The maximum Gasteiger partial charge on any atom is 0.244 e. The molecule has 1 atom stereocenters. The van der Waals surface area contributed by atoms with Crippen LogP contribution in [0.2, 0.25) is 0 Å². The fourth-order valence-corrected chi connectivity index (χ4v) is 2.52. The third kappa shape index (κ3) is 2.89. The van der Waals surface area contributed by atoms with Crippen molar-refractivity contribution in [3.05, 3.63) is 16.4 Å². The molecule has 2 heterocycles. The maximum atomic E-state index is 12.1. The first-order chi connectivity index (χ1) is 8.08. The molecule has 2 rings (SSSR count). The van der Waals surface area contributed by atoms with Crippen molar-refractivity contribution in [3.8, 4) is 0 Å². The molecule has 0 spiro atoms. The lowest BCUT2D eigenvalue weighted by Gasteiger charge is -2.31. The Kier molecular flexibility index (Phi) is 3.86. The first-order valence-electron chi connectivity index (χ1n) is 6.03. The summed E-state index contributed by atoms with van der Waals surface area (Å²) in [6.45, 7) is 6.30. The molecular weight excluding hydrogens is 282 g/mol. The molecule has 1 aromatic heterocycles. The van der Waals surface area contributed by atoms with Gasteiger partial charge in [0.15, 0.2) is 0 Å². The highest BCUT2D eigenvalue weighted by molar-refractivity contribution is 9.10. The lowest BCUT2D eigenvalue weighted by Crippen LogP contribution is -2.41. The lowest BCUT2D eigenvalue weighted by molar-refractivity contribution is -0.133. The molecule has 1 saturated heterocycles. The largest absolute Gasteiger partial charge is 0.341 e. The lowest BCUT2D eigenvalue weighted by atomic mass is 10.0. The molecule has 17 heavy (non-hydrogen) atoms. The van der Waals surface area contributed by atoms with Gasteiger partial charge in [0.1, 0.15) is 6.54 Å². The van der Waals surface area contributed by atoms with E-state index in [-0.39, 0.29) is 5.91 Å². The van der Waals surface area contributed by atoms with Gasteiger partial charge in [-0.2, -0.15) is 5.10 Å². The van der Waals surface area contributed by atoms with Gasteiger partial charge in [-0.1, -0.05) is 6.92 Å². The maximum absolute atomic E-state index is 12.1. The predicted molar refractivity (Wildman–Crippen MR) is 69.6 cm³/mol. The summed E-state index contributed by atoms with van der Waals surface area (Å²) in [6.07, 6.45) is 4.09. The summed E-state index contributed by atoms with van der Waals surface area (Å²) in [5.41, 5.74) is 1.00. The fourth-order valence-electron chi connectivity index (χ4n) is 2.23. The molecule has 1 fully saturated rings. The molecule has 1 amide bonds. The van der Waals surface area contributed by atoms with Crippen LogP contribution in [-0.4, -0.2) is 33.7 Å². The minimum absolute atomic E-state index is 0.176. The van der Waals surface area contributed by atoms with Gasteiger partial charge in [-0.3, -0.25) is 9.48 Å². The number of carbonyl (C=O) groups is 1. The number of likely N-dealkylation sites (tertiary alicyclic amines) is 1. The number of amides is 1. The molecule has 0 radical (unpaired) electrons. The highest BCUT2D eigenvalue weighted by atomic mass is 79.9. The third-order valence-corrected chi connectivity index (χ3v) is 4.12. The van der Waals surface area contributed by atoms with E-state index in [9.17, 15) is 4.79 Å². The van der Waals surface area contributed by atoms with Gasteiger partial charge in [0.2, 0.25) is 5.91 Å². The van der Waals surface area contributed by atoms with Crippen LogP contribution in [0.3, 0.4) is 0 Å². The van der Waals surface area contributed by atoms with E-state index in [0.29, 0.717) is 12.5 Å². The zero-order valence-corrected chi connectivity index (χ0v) is 11.9. The molecule has 0 aliphatic carbocycles. The van der Waals surface area contributed by atoms with Crippen molar-refractivity contribution in [3.63, 3.8) is 0 Å². The van der Waals surface area contributed by atoms with Crippen LogP contribution in [0.25, 0.3) is 0 Å². The average Bonchev–Trinajstić information content (AvgIpc) is 2.61. The molecule has 5 heteroatoms. The van der Waals surface area contributed by atoms with Crippen LogP contribution >= 0.6 is 15.9 Å². The monoisotopic (exact) mass is 299 g/mol. The smallest absolute Gasteiger partial charge is 0.244 e. The second-order valence-electron chi connectivity index (χ2n) is 4.82. The van der Waals surface area contributed by atoms with Crippen LogP contribution in [0.15, 0.2) is 10.7 Å². The van der Waals surface area contributed by atoms with E-state index < -0.39 is 0 Å². The van der Waals surface area contributed by atoms with Gasteiger partial charge in [-0.25, -0.2) is 0 Å². The Balaban J connectivity index is 1.99. The zero-order valence-electron chi connectivity index (χ0n) is 10.3. The van der Waals surface area contributed by atoms with Crippen LogP contribution in [0.4, 0.5) is 0 Å². The predicted octanol–water partition coefficient (Wildman–Crippen LogP) is 2.21. The molecule has 0 saturated carbocycles. The van der Waals surface area contributed by atoms with E-state index in [1.807, 2.05) is 11.8 Å². The zero-order chi connectivity index (χ0) is 12.4. The minimum Gasteiger partial charge on any atom is -0.341 e.